The van der Waals surface area contributed by atoms with Gasteiger partial charge in [-0.1, -0.05) is 42.5 Å². The molecular weight excluding hydrogens is 640 g/mol. The van der Waals surface area contributed by atoms with Crippen molar-refractivity contribution in [1.29, 1.82) is 0 Å². The van der Waals surface area contributed by atoms with E-state index in [4.69, 9.17) is 14.0 Å². The van der Waals surface area contributed by atoms with Gasteiger partial charge in [0, 0.05) is 62.2 Å². The summed E-state index contributed by atoms with van der Waals surface area (Å²) in [7, 11) is 9.02. The van der Waals surface area contributed by atoms with E-state index in [-0.39, 0.29) is 47.1 Å². The lowest BCUT2D eigenvalue weighted by molar-refractivity contribution is -0.142. The highest BCUT2D eigenvalue weighted by Crippen LogP contribution is 2.57. The largest absolute Gasteiger partial charge is 0.507 e. The first kappa shape index (κ1) is 33.7. The topological polar surface area (TPSA) is 158 Å². The summed E-state index contributed by atoms with van der Waals surface area (Å²) in [4.78, 5) is 32.8. The predicted molar refractivity (Wildman–Crippen MR) is 186 cm³/mol. The molecule has 7 rings (SSSR count). The van der Waals surface area contributed by atoms with Crippen molar-refractivity contribution in [2.45, 2.75) is 37.6 Å². The number of nitrogens with zero attached hydrogens (tertiary/aromatic N) is 3. The number of aliphatic hydroxyl groups excluding tert-OH is 1. The van der Waals surface area contributed by atoms with Gasteiger partial charge in [-0.05, 0) is 60.8 Å². The number of methoxy groups -OCH3 is 1. The molecule has 50 heavy (non-hydrogen) atoms. The fourth-order valence-corrected chi connectivity index (χ4v) is 8.17. The first-order valence-electron chi connectivity index (χ1n) is 16.7. The Kier molecular flexibility index (Phi) is 8.67. The second-order valence-electron chi connectivity index (χ2n) is 13.8. The lowest BCUT2D eigenvalue weighted by Crippen LogP contribution is -2.63. The molecule has 0 radical (unpaired) electrons. The molecule has 12 heteroatoms. The van der Waals surface area contributed by atoms with Gasteiger partial charge in [0.15, 0.2) is 11.4 Å². The van der Waals surface area contributed by atoms with Gasteiger partial charge in [0.1, 0.15) is 23.7 Å². The van der Waals surface area contributed by atoms with Gasteiger partial charge >= 0.3 is 0 Å². The molecule has 0 aliphatic heterocycles. The monoisotopic (exact) mass is 682 g/mol. The molecule has 4 N–H and O–H groups in total. The van der Waals surface area contributed by atoms with E-state index in [2.05, 4.69) is 10.5 Å². The number of rotatable bonds is 10. The number of carbonyl (C=O) groups is 2. The van der Waals surface area contributed by atoms with Crippen LogP contribution in [0.3, 0.4) is 0 Å². The fourth-order valence-electron chi connectivity index (χ4n) is 8.17. The van der Waals surface area contributed by atoms with Gasteiger partial charge in [-0.25, -0.2) is 0 Å². The van der Waals surface area contributed by atoms with Gasteiger partial charge in [-0.15, -0.1) is 0 Å². The van der Waals surface area contributed by atoms with E-state index < -0.39 is 40.8 Å². The summed E-state index contributed by atoms with van der Waals surface area (Å²) in [6.07, 6.45) is 0.487. The van der Waals surface area contributed by atoms with Crippen molar-refractivity contribution in [2.24, 2.45) is 11.8 Å². The zero-order valence-electron chi connectivity index (χ0n) is 28.8. The van der Waals surface area contributed by atoms with Crippen LogP contribution in [-0.4, -0.2) is 91.0 Å². The van der Waals surface area contributed by atoms with Crippen molar-refractivity contribution in [3.05, 3.63) is 87.7 Å². The van der Waals surface area contributed by atoms with Crippen LogP contribution in [0, 0.1) is 11.8 Å². The molecule has 3 aromatic carbocycles. The summed E-state index contributed by atoms with van der Waals surface area (Å²) >= 11 is 0. The SMILES string of the molecule is COCCNCc1ccc2c(N(C)C)c3c(c(O)c2c1)C(O)=C1C(=O)[C@]2(O)C(=O)c4c(OCc5ccccc5)noc4[C@@H](N(C)C)[C@@H]2C[C@@H]1C3. The van der Waals surface area contributed by atoms with Gasteiger partial charge in [0.25, 0.3) is 5.88 Å². The molecule has 4 atom stereocenters. The molecule has 0 amide bonds. The number of phenolic OH excluding ortho intramolecular Hbond substituents is 1. The number of hydrogen-bond acceptors (Lipinski definition) is 12. The minimum atomic E-state index is -2.53. The van der Waals surface area contributed by atoms with Crippen LogP contribution in [0.15, 0.2) is 58.6 Å². The molecule has 3 aliphatic rings. The summed E-state index contributed by atoms with van der Waals surface area (Å²) in [6.45, 7) is 1.83. The third-order valence-corrected chi connectivity index (χ3v) is 10.4. The maximum atomic E-state index is 14.6. The number of aromatic hydroxyl groups is 1. The number of ketones is 2. The highest BCUT2D eigenvalue weighted by atomic mass is 16.5. The molecule has 1 heterocycles. The maximum absolute atomic E-state index is 14.6. The Morgan fingerprint density at radius 3 is 2.46 bits per heavy atom. The van der Waals surface area contributed by atoms with Crippen LogP contribution in [0.1, 0.15) is 50.8 Å². The molecule has 12 nitrogen and oxygen atoms in total. The molecule has 4 aromatic rings. The molecule has 262 valence electrons. The zero-order valence-corrected chi connectivity index (χ0v) is 28.8. The molecule has 0 saturated heterocycles. The van der Waals surface area contributed by atoms with Gasteiger partial charge in [0.2, 0.25) is 11.6 Å². The molecule has 0 unspecified atom stereocenters. The summed E-state index contributed by atoms with van der Waals surface area (Å²) < 4.78 is 16.8. The minimum Gasteiger partial charge on any atom is -0.507 e. The van der Waals surface area contributed by atoms with E-state index in [0.29, 0.717) is 37.1 Å². The smallest absolute Gasteiger partial charge is 0.265 e. The van der Waals surface area contributed by atoms with Crippen LogP contribution in [-0.2, 0) is 29.1 Å². The van der Waals surface area contributed by atoms with Crippen LogP contribution in [0.2, 0.25) is 0 Å². The third-order valence-electron chi connectivity index (χ3n) is 10.4. The Balaban J connectivity index is 1.33. The Morgan fingerprint density at radius 1 is 1.00 bits per heavy atom. The Hall–Kier alpha value is -4.75. The molecule has 1 fully saturated rings. The average Bonchev–Trinajstić information content (AvgIpc) is 3.51. The van der Waals surface area contributed by atoms with Crippen molar-refractivity contribution in [1.82, 2.24) is 15.4 Å². The van der Waals surface area contributed by atoms with Crippen molar-refractivity contribution in [3.8, 4) is 11.6 Å². The van der Waals surface area contributed by atoms with E-state index in [1.54, 1.807) is 26.1 Å². The van der Waals surface area contributed by atoms with Crippen LogP contribution >= 0.6 is 0 Å². The van der Waals surface area contributed by atoms with Crippen molar-refractivity contribution in [2.75, 3.05) is 53.4 Å². The summed E-state index contributed by atoms with van der Waals surface area (Å²) in [5.74, 6) is -3.69. The first-order valence-corrected chi connectivity index (χ1v) is 16.7. The van der Waals surface area contributed by atoms with Crippen LogP contribution in [0.25, 0.3) is 16.5 Å². The normalized spacial score (nSPS) is 22.7. The van der Waals surface area contributed by atoms with Crippen LogP contribution < -0.4 is 15.0 Å². The molecule has 0 bridgehead atoms. The Morgan fingerprint density at radius 2 is 1.76 bits per heavy atom. The number of aliphatic hydroxyl groups is 2. The predicted octanol–water partition coefficient (Wildman–Crippen LogP) is 4.18. The van der Waals surface area contributed by atoms with Gasteiger partial charge in [-0.3, -0.25) is 14.5 Å². The molecule has 1 aromatic heterocycles. The quantitative estimate of drug-likeness (QED) is 0.140. The number of phenols is 1. The second kappa shape index (κ2) is 12.9. The van der Waals surface area contributed by atoms with Gasteiger partial charge < -0.3 is 39.5 Å². The number of nitrogens with one attached hydrogen (secondary N) is 1. The van der Waals surface area contributed by atoms with Gasteiger partial charge in [0.05, 0.1) is 18.2 Å². The number of benzene rings is 3. The fraction of sp³-hybridized carbons (Fsp3) is 0.395. The Bertz CT molecular complexity index is 2020. The molecule has 3 aliphatic carbocycles. The second-order valence-corrected chi connectivity index (χ2v) is 13.8. The number of aromatic nitrogens is 1. The van der Waals surface area contributed by atoms with E-state index in [1.807, 2.05) is 67.5 Å². The van der Waals surface area contributed by atoms with E-state index in [0.717, 1.165) is 22.2 Å². The number of anilines is 1. The zero-order chi connectivity index (χ0) is 35.5. The molecule has 0 spiro atoms. The first-order chi connectivity index (χ1) is 24.0. The van der Waals surface area contributed by atoms with Crippen molar-refractivity contribution < 1.29 is 38.9 Å². The summed E-state index contributed by atoms with van der Waals surface area (Å²) in [6, 6.07) is 14.5. The van der Waals surface area contributed by atoms with E-state index in [1.165, 1.54) is 0 Å². The van der Waals surface area contributed by atoms with Crippen molar-refractivity contribution in [3.63, 3.8) is 0 Å². The number of ether oxygens (including phenoxy) is 2. The number of fused-ring (bicyclic) bond motifs is 5. The lowest BCUT2D eigenvalue weighted by Gasteiger charge is -2.49. The average molecular weight is 683 g/mol. The van der Waals surface area contributed by atoms with Crippen LogP contribution in [0.4, 0.5) is 5.69 Å². The Labute approximate surface area is 289 Å². The number of carbonyl (C=O) groups excluding carboxylic acids is 2. The standard InChI is InChI=1S/C38H42N4O8/c1-41(2)30-23-12-11-21(18-39-13-14-48-5)15-24(23)32(43)28-25(30)16-22-17-26-31(42(3)4)34-29(36(46)38(26,47)35(45)27(22)33(28)44)37(40-50-34)49-19-20-9-7-6-8-10-20/h6-12,15,22,26,31,39,43-44,47H,13-14,16-19H2,1-5H3/t22-,26-,31-,38-/m0/s1. The summed E-state index contributed by atoms with van der Waals surface area (Å²) in [5.41, 5.74) is 0.702. The van der Waals surface area contributed by atoms with Crippen molar-refractivity contribution >= 4 is 33.8 Å². The maximum Gasteiger partial charge on any atom is 0.265 e. The summed E-state index contributed by atoms with van der Waals surface area (Å²) in [5, 5.41) is 44.9. The van der Waals surface area contributed by atoms with E-state index >= 15 is 0 Å². The third kappa shape index (κ3) is 5.17. The van der Waals surface area contributed by atoms with E-state index in [9.17, 15) is 24.9 Å². The minimum absolute atomic E-state index is 0.0643. The number of Topliss-reactive ketones (excluding diaryl/α,β-unsaturated/α-hetero) is 2. The molecular formula is C38H42N4O8. The highest BCUT2D eigenvalue weighted by molar-refractivity contribution is 6.26. The number of hydrogen-bond donors (Lipinski definition) is 4. The van der Waals surface area contributed by atoms with Gasteiger partial charge in [-0.2, -0.15) is 0 Å². The lowest BCUT2D eigenvalue weighted by atomic mass is 9.57. The highest BCUT2D eigenvalue weighted by Gasteiger charge is 2.65. The van der Waals surface area contributed by atoms with Crippen LogP contribution in [0.5, 0.6) is 11.6 Å². The molecule has 1 saturated carbocycles.